The molecule has 0 spiro atoms. The Morgan fingerprint density at radius 3 is 2.63 bits per heavy atom. The predicted molar refractivity (Wildman–Crippen MR) is 139 cm³/mol. The van der Waals surface area contributed by atoms with Crippen molar-refractivity contribution in [2.24, 2.45) is 10.2 Å². The lowest BCUT2D eigenvalue weighted by Crippen LogP contribution is -2.24. The Kier molecular flexibility index (Phi) is 6.81. The van der Waals surface area contributed by atoms with Gasteiger partial charge in [-0.3, -0.25) is 0 Å². The molecule has 2 aromatic heterocycles. The van der Waals surface area contributed by atoms with Crippen molar-refractivity contribution in [3.8, 4) is 22.8 Å². The number of rotatable bonds is 6. The van der Waals surface area contributed by atoms with Crippen LogP contribution in [-0.4, -0.2) is 25.0 Å². The van der Waals surface area contributed by atoms with Crippen molar-refractivity contribution in [1.29, 1.82) is 0 Å². The molecule has 0 unspecified atom stereocenters. The normalized spacial score (nSPS) is 15.2. The number of para-hydroxylation sites is 1. The molecule has 1 aliphatic carbocycles. The van der Waals surface area contributed by atoms with Gasteiger partial charge >= 0.3 is 5.63 Å². The van der Waals surface area contributed by atoms with E-state index in [1.165, 1.54) is 17.8 Å². The van der Waals surface area contributed by atoms with Crippen LogP contribution in [0, 0.1) is 0 Å². The number of benzene rings is 2. The van der Waals surface area contributed by atoms with E-state index in [1.54, 1.807) is 20.4 Å². The molecule has 0 saturated heterocycles. The first-order valence-electron chi connectivity index (χ1n) is 11.7. The lowest BCUT2D eigenvalue weighted by Gasteiger charge is -2.24. The summed E-state index contributed by atoms with van der Waals surface area (Å²) >= 11 is 1.48. The second-order valence-electron chi connectivity index (χ2n) is 8.51. The fraction of sp³-hybridized carbons (Fsp3) is 0.296. The number of ether oxygens (including phenoxy) is 2. The van der Waals surface area contributed by atoms with E-state index in [4.69, 9.17) is 13.9 Å². The Labute approximate surface area is 207 Å². The second kappa shape index (κ2) is 10.3. The van der Waals surface area contributed by atoms with E-state index in [0.29, 0.717) is 22.6 Å². The Morgan fingerprint density at radius 2 is 1.83 bits per heavy atom. The Hall–Kier alpha value is -3.65. The van der Waals surface area contributed by atoms with E-state index in [0.717, 1.165) is 47.1 Å². The molecule has 0 radical (unpaired) electrons. The van der Waals surface area contributed by atoms with Gasteiger partial charge in [-0.15, -0.1) is 16.4 Å². The van der Waals surface area contributed by atoms with Crippen LogP contribution in [0.3, 0.4) is 0 Å². The van der Waals surface area contributed by atoms with Crippen LogP contribution in [0.4, 0.5) is 0 Å². The molecule has 0 bridgehead atoms. The second-order valence-corrected chi connectivity index (χ2v) is 9.35. The van der Waals surface area contributed by atoms with Gasteiger partial charge in [0, 0.05) is 16.8 Å². The zero-order valence-electron chi connectivity index (χ0n) is 19.8. The zero-order valence-corrected chi connectivity index (χ0v) is 20.6. The number of hydrogen-bond acceptors (Lipinski definition) is 7. The van der Waals surface area contributed by atoms with Gasteiger partial charge in [-0.05, 0) is 48.7 Å². The Morgan fingerprint density at radius 1 is 1.03 bits per heavy atom. The molecule has 5 rings (SSSR count). The first kappa shape index (κ1) is 23.1. The predicted octanol–water partition coefficient (Wildman–Crippen LogP) is 5.78. The topological polar surface area (TPSA) is 78.3 Å². The van der Waals surface area contributed by atoms with Crippen LogP contribution in [0.25, 0.3) is 22.2 Å². The molecule has 8 heteroatoms. The van der Waals surface area contributed by atoms with Crippen molar-refractivity contribution in [3.05, 3.63) is 74.7 Å². The number of thiazole rings is 1. The summed E-state index contributed by atoms with van der Waals surface area (Å²) in [4.78, 5) is 13.7. The van der Waals surface area contributed by atoms with Crippen LogP contribution in [0.5, 0.6) is 11.5 Å². The van der Waals surface area contributed by atoms with Crippen molar-refractivity contribution in [1.82, 2.24) is 4.57 Å². The molecule has 7 nitrogen and oxygen atoms in total. The molecule has 0 amide bonds. The minimum Gasteiger partial charge on any atom is -0.493 e. The molecule has 0 atom stereocenters. The SMILES string of the molecule is COc1ccc(/C=N\N=c2/scc(-c3cc4ccccc4oc3=O)n2C2CCCCC2)cc1OC. The zero-order chi connectivity index (χ0) is 24.2. The molecular formula is C27H27N3O4S. The summed E-state index contributed by atoms with van der Waals surface area (Å²) in [5.74, 6) is 1.30. The maximum Gasteiger partial charge on any atom is 0.345 e. The molecular weight excluding hydrogens is 462 g/mol. The van der Waals surface area contributed by atoms with Crippen LogP contribution >= 0.6 is 11.3 Å². The van der Waals surface area contributed by atoms with Crippen molar-refractivity contribution in [2.45, 2.75) is 38.1 Å². The first-order chi connectivity index (χ1) is 17.2. The highest BCUT2D eigenvalue weighted by molar-refractivity contribution is 7.07. The largest absolute Gasteiger partial charge is 0.493 e. The van der Waals surface area contributed by atoms with Crippen LogP contribution in [0.1, 0.15) is 43.7 Å². The summed E-state index contributed by atoms with van der Waals surface area (Å²) in [7, 11) is 3.21. The summed E-state index contributed by atoms with van der Waals surface area (Å²) in [6.07, 6.45) is 7.35. The summed E-state index contributed by atoms with van der Waals surface area (Å²) < 4.78 is 18.5. The van der Waals surface area contributed by atoms with Gasteiger partial charge in [-0.25, -0.2) is 4.79 Å². The highest BCUT2D eigenvalue weighted by Crippen LogP contribution is 2.32. The van der Waals surface area contributed by atoms with Gasteiger partial charge in [-0.1, -0.05) is 37.5 Å². The maximum absolute atomic E-state index is 12.9. The highest BCUT2D eigenvalue weighted by Gasteiger charge is 2.22. The fourth-order valence-electron chi connectivity index (χ4n) is 4.60. The fourth-order valence-corrected chi connectivity index (χ4v) is 5.51. The minimum atomic E-state index is -0.341. The standard InChI is InChI=1S/C27H27N3O4S/c1-32-24-13-12-18(14-25(24)33-2)16-28-29-27-30(20-9-4-3-5-10-20)22(17-35-27)21-15-19-8-6-7-11-23(19)34-26(21)31/h6-8,11-17,20H,3-5,9-10H2,1-2H3/b28-16-,29-27-. The van der Waals surface area contributed by atoms with Crippen molar-refractivity contribution >= 4 is 28.5 Å². The molecule has 1 aliphatic rings. The van der Waals surface area contributed by atoms with E-state index in [9.17, 15) is 4.79 Å². The molecule has 2 aromatic carbocycles. The van der Waals surface area contributed by atoms with Gasteiger partial charge in [0.15, 0.2) is 11.5 Å². The molecule has 4 aromatic rings. The molecule has 1 saturated carbocycles. The minimum absolute atomic E-state index is 0.269. The molecule has 0 N–H and O–H groups in total. The molecule has 180 valence electrons. The number of methoxy groups -OCH3 is 2. The van der Waals surface area contributed by atoms with E-state index < -0.39 is 0 Å². The molecule has 35 heavy (non-hydrogen) atoms. The number of fused-ring (bicyclic) bond motifs is 1. The van der Waals surface area contributed by atoms with E-state index in [2.05, 4.69) is 14.8 Å². The number of hydrogen-bond donors (Lipinski definition) is 0. The van der Waals surface area contributed by atoms with Crippen molar-refractivity contribution in [3.63, 3.8) is 0 Å². The highest BCUT2D eigenvalue weighted by atomic mass is 32.1. The quantitative estimate of drug-likeness (QED) is 0.195. The Balaban J connectivity index is 1.57. The van der Waals surface area contributed by atoms with Gasteiger partial charge in [0.05, 0.1) is 31.7 Å². The monoisotopic (exact) mass is 489 g/mol. The number of aromatic nitrogens is 1. The summed E-state index contributed by atoms with van der Waals surface area (Å²) in [6, 6.07) is 15.4. The van der Waals surface area contributed by atoms with Crippen LogP contribution < -0.4 is 19.9 Å². The summed E-state index contributed by atoms with van der Waals surface area (Å²) in [5.41, 5.74) is 2.48. The van der Waals surface area contributed by atoms with Crippen LogP contribution in [0.2, 0.25) is 0 Å². The lowest BCUT2D eigenvalue weighted by atomic mass is 9.95. The third kappa shape index (κ3) is 4.79. The van der Waals surface area contributed by atoms with Gasteiger partial charge in [0.25, 0.3) is 0 Å². The van der Waals surface area contributed by atoms with Crippen LogP contribution in [0.15, 0.2) is 73.3 Å². The Bertz CT molecular complexity index is 1490. The average molecular weight is 490 g/mol. The smallest absolute Gasteiger partial charge is 0.345 e. The van der Waals surface area contributed by atoms with Crippen molar-refractivity contribution < 1.29 is 13.9 Å². The van der Waals surface area contributed by atoms with Crippen LogP contribution in [-0.2, 0) is 0 Å². The maximum atomic E-state index is 12.9. The van der Waals surface area contributed by atoms with Crippen molar-refractivity contribution in [2.75, 3.05) is 14.2 Å². The van der Waals surface area contributed by atoms with Gasteiger partial charge < -0.3 is 18.5 Å². The average Bonchev–Trinajstić information content (AvgIpc) is 3.32. The summed E-state index contributed by atoms with van der Waals surface area (Å²) in [6.45, 7) is 0. The van der Waals surface area contributed by atoms with E-state index >= 15 is 0 Å². The van der Waals surface area contributed by atoms with Gasteiger partial charge in [0.1, 0.15) is 5.58 Å². The lowest BCUT2D eigenvalue weighted by molar-refractivity contribution is 0.350. The van der Waals surface area contributed by atoms with E-state index in [1.807, 2.05) is 53.9 Å². The summed E-state index contributed by atoms with van der Waals surface area (Å²) in [5, 5.41) is 11.8. The third-order valence-corrected chi connectivity index (χ3v) is 7.19. The third-order valence-electron chi connectivity index (χ3n) is 6.36. The molecule has 0 aliphatic heterocycles. The number of nitrogens with zero attached hydrogens (tertiary/aromatic N) is 3. The molecule has 2 heterocycles. The van der Waals surface area contributed by atoms with E-state index in [-0.39, 0.29) is 11.7 Å². The van der Waals surface area contributed by atoms with Gasteiger partial charge in [-0.2, -0.15) is 5.10 Å². The molecule has 1 fully saturated rings. The first-order valence-corrected chi connectivity index (χ1v) is 12.6. The van der Waals surface area contributed by atoms with Gasteiger partial charge in [0.2, 0.25) is 4.80 Å².